The van der Waals surface area contributed by atoms with Gasteiger partial charge in [0.25, 0.3) is 0 Å². The number of hydrogen-bond acceptors (Lipinski definition) is 0. The van der Waals surface area contributed by atoms with Crippen molar-refractivity contribution in [3.8, 4) is 24.7 Å². The third-order valence-corrected chi connectivity index (χ3v) is 6.21. The topological polar surface area (TPSA) is 0 Å². The fraction of sp³-hybridized carbons (Fsp3) is 0.200. The van der Waals surface area contributed by atoms with Gasteiger partial charge in [-0.25, -0.2) is 0 Å². The first-order valence-corrected chi connectivity index (χ1v) is 15.3. The molecule has 0 radical (unpaired) electrons. The van der Waals surface area contributed by atoms with Crippen LogP contribution in [-0.4, -0.2) is 0 Å². The van der Waals surface area contributed by atoms with Crippen LogP contribution in [0.4, 0.5) is 0 Å². The van der Waals surface area contributed by atoms with Gasteiger partial charge in [-0.05, 0) is 28.4 Å². The minimum atomic E-state index is -0.0111. The lowest BCUT2D eigenvalue weighted by Crippen LogP contribution is -2.07. The van der Waals surface area contributed by atoms with Crippen LogP contribution >= 0.6 is 0 Å². The van der Waals surface area contributed by atoms with E-state index in [4.69, 9.17) is 12.8 Å². The standard InChI is InChI=1S/C45H50/c1-9-42(44(3,4)5)37-29-25-21-17-13-11-12-15-19-23-27-33-40-35-31-32-36-41(39-40)34-28-24-20-16-14-18-22-26-30-38-43(10-2)45(6,7)8/h1-2,11-38H,39H2,3-8H3/b13-11+,15-12+,16-14+,21-17+,22-18+,23-19+,24-20+,29-25+,30-26+,33-27+,34-28+,42-37+,43-38+. The largest absolute Gasteiger partial charge is 0.115 e. The summed E-state index contributed by atoms with van der Waals surface area (Å²) in [7, 11) is 0. The van der Waals surface area contributed by atoms with Crippen molar-refractivity contribution in [1.82, 2.24) is 0 Å². The fourth-order valence-electron chi connectivity index (χ4n) is 3.66. The number of hydrogen-bond donors (Lipinski definition) is 0. The van der Waals surface area contributed by atoms with Crippen LogP contribution in [0.15, 0.2) is 192 Å². The van der Waals surface area contributed by atoms with E-state index in [1.54, 1.807) is 0 Å². The lowest BCUT2D eigenvalue weighted by Gasteiger charge is -2.17. The van der Waals surface area contributed by atoms with Gasteiger partial charge in [0.1, 0.15) is 0 Å². The molecule has 0 aromatic rings. The third kappa shape index (κ3) is 19.7. The molecule has 0 bridgehead atoms. The zero-order chi connectivity index (χ0) is 33.2. The highest BCUT2D eigenvalue weighted by molar-refractivity contribution is 5.40. The first-order chi connectivity index (χ1) is 21.6. The molecule has 45 heavy (non-hydrogen) atoms. The molecule has 0 amide bonds. The van der Waals surface area contributed by atoms with Gasteiger partial charge in [-0.3, -0.25) is 0 Å². The van der Waals surface area contributed by atoms with E-state index in [-0.39, 0.29) is 10.8 Å². The molecule has 0 aromatic carbocycles. The summed E-state index contributed by atoms with van der Waals surface area (Å²) in [6.07, 6.45) is 69.0. The summed E-state index contributed by atoms with van der Waals surface area (Å²) in [5, 5.41) is 0. The van der Waals surface area contributed by atoms with E-state index < -0.39 is 0 Å². The molecule has 0 heteroatoms. The van der Waals surface area contributed by atoms with Gasteiger partial charge in [0.2, 0.25) is 0 Å². The van der Waals surface area contributed by atoms with Gasteiger partial charge >= 0.3 is 0 Å². The van der Waals surface area contributed by atoms with Crippen molar-refractivity contribution in [3.63, 3.8) is 0 Å². The predicted octanol–water partition coefficient (Wildman–Crippen LogP) is 12.1. The van der Waals surface area contributed by atoms with Gasteiger partial charge in [-0.2, -0.15) is 0 Å². The Hall–Kier alpha value is -5.04. The number of allylic oxidation sites excluding steroid dienone is 32. The fourth-order valence-corrected chi connectivity index (χ4v) is 3.66. The van der Waals surface area contributed by atoms with Gasteiger partial charge < -0.3 is 0 Å². The Labute approximate surface area is 275 Å². The maximum absolute atomic E-state index is 5.59. The Bertz CT molecular complexity index is 1500. The average Bonchev–Trinajstić information content (AvgIpc) is 3.21. The molecule has 0 N–H and O–H groups in total. The second kappa shape index (κ2) is 22.5. The van der Waals surface area contributed by atoms with Crippen LogP contribution in [-0.2, 0) is 0 Å². The maximum atomic E-state index is 5.59. The van der Waals surface area contributed by atoms with Gasteiger partial charge in [0.05, 0.1) is 0 Å². The predicted molar refractivity (Wildman–Crippen MR) is 203 cm³/mol. The highest BCUT2D eigenvalue weighted by Crippen LogP contribution is 2.25. The quantitative estimate of drug-likeness (QED) is 0.148. The molecule has 0 atom stereocenters. The molecule has 0 saturated heterocycles. The zero-order valence-electron chi connectivity index (χ0n) is 28.0. The summed E-state index contributed by atoms with van der Waals surface area (Å²) in [4.78, 5) is 0. The minimum absolute atomic E-state index is 0.00986. The molecule has 0 unspecified atom stereocenters. The van der Waals surface area contributed by atoms with E-state index in [0.29, 0.717) is 0 Å². The second-order valence-corrected chi connectivity index (χ2v) is 12.2. The summed E-state index contributed by atoms with van der Waals surface area (Å²) >= 11 is 0. The van der Waals surface area contributed by atoms with Gasteiger partial charge in [0, 0.05) is 11.1 Å². The van der Waals surface area contributed by atoms with E-state index in [9.17, 15) is 0 Å². The van der Waals surface area contributed by atoms with Crippen molar-refractivity contribution in [2.24, 2.45) is 10.8 Å². The van der Waals surface area contributed by atoms with E-state index in [2.05, 4.69) is 102 Å². The van der Waals surface area contributed by atoms with Gasteiger partial charge in [-0.15, -0.1) is 12.8 Å². The van der Waals surface area contributed by atoms with Crippen molar-refractivity contribution in [3.05, 3.63) is 192 Å². The summed E-state index contributed by atoms with van der Waals surface area (Å²) in [5.41, 5.74) is 4.46. The first kappa shape index (κ1) is 38.0. The van der Waals surface area contributed by atoms with Crippen LogP contribution < -0.4 is 0 Å². The molecule has 0 aromatic heterocycles. The molecular weight excluding hydrogens is 540 g/mol. The van der Waals surface area contributed by atoms with Crippen LogP contribution in [0.25, 0.3) is 0 Å². The molecule has 0 heterocycles. The Balaban J connectivity index is 2.47. The smallest absolute Gasteiger partial charge is 0.00712 e. The van der Waals surface area contributed by atoms with E-state index in [0.717, 1.165) is 17.6 Å². The second-order valence-electron chi connectivity index (χ2n) is 12.2. The molecule has 1 aliphatic rings. The van der Waals surface area contributed by atoms with Crippen LogP contribution in [0.1, 0.15) is 48.0 Å². The van der Waals surface area contributed by atoms with Crippen molar-refractivity contribution in [2.45, 2.75) is 48.0 Å². The van der Waals surface area contributed by atoms with Crippen molar-refractivity contribution in [1.29, 1.82) is 0 Å². The molecule has 1 aliphatic carbocycles. The van der Waals surface area contributed by atoms with E-state index in [1.165, 1.54) is 11.1 Å². The minimum Gasteiger partial charge on any atom is -0.115 e. The van der Waals surface area contributed by atoms with Crippen LogP contribution in [0.3, 0.4) is 0 Å². The molecule has 0 nitrogen and oxygen atoms in total. The van der Waals surface area contributed by atoms with Crippen molar-refractivity contribution in [2.75, 3.05) is 0 Å². The molecule has 0 spiro atoms. The molecule has 0 fully saturated rings. The average molecular weight is 591 g/mol. The van der Waals surface area contributed by atoms with E-state index in [1.807, 2.05) is 122 Å². The Morgan fingerprint density at radius 3 is 1.00 bits per heavy atom. The molecule has 230 valence electrons. The third-order valence-electron chi connectivity index (χ3n) is 6.21. The highest BCUT2D eigenvalue weighted by atomic mass is 14.2. The molecule has 0 aliphatic heterocycles. The monoisotopic (exact) mass is 590 g/mol. The number of rotatable bonds is 13. The van der Waals surface area contributed by atoms with Crippen molar-refractivity contribution < 1.29 is 0 Å². The molecular formula is C45H50. The Kier molecular flexibility index (Phi) is 19.0. The lowest BCUT2D eigenvalue weighted by atomic mass is 9.86. The summed E-state index contributed by atoms with van der Waals surface area (Å²) in [6.45, 7) is 12.7. The summed E-state index contributed by atoms with van der Waals surface area (Å²) in [6, 6.07) is 0. The Morgan fingerprint density at radius 2 is 0.733 bits per heavy atom. The zero-order valence-corrected chi connectivity index (χ0v) is 28.0. The summed E-state index contributed by atoms with van der Waals surface area (Å²) in [5.74, 6) is 5.52. The van der Waals surface area contributed by atoms with E-state index >= 15 is 0 Å². The molecule has 1 rings (SSSR count). The lowest BCUT2D eigenvalue weighted by molar-refractivity contribution is 0.521. The van der Waals surface area contributed by atoms with Gasteiger partial charge in [0.15, 0.2) is 0 Å². The number of terminal acetylenes is 2. The normalized spacial score (nSPS) is 16.4. The van der Waals surface area contributed by atoms with Crippen LogP contribution in [0, 0.1) is 35.5 Å². The molecule has 0 saturated carbocycles. The van der Waals surface area contributed by atoms with Gasteiger partial charge in [-0.1, -0.05) is 224 Å². The van der Waals surface area contributed by atoms with Crippen molar-refractivity contribution >= 4 is 0 Å². The SMILES string of the molecule is C#C\C(=C/C=C/C=C/C=C/C=C/C=C/C=C/C1=CC=CC=C(/C=C/C=C/C=C/C=C/C=C/C=C(\C#C)C(C)(C)C)C1)C(C)(C)C. The Morgan fingerprint density at radius 1 is 0.467 bits per heavy atom. The first-order valence-electron chi connectivity index (χ1n) is 15.3. The summed E-state index contributed by atoms with van der Waals surface area (Å²) < 4.78 is 0. The highest BCUT2D eigenvalue weighted by Gasteiger charge is 2.14. The van der Waals surface area contributed by atoms with Crippen LogP contribution in [0.5, 0.6) is 0 Å². The maximum Gasteiger partial charge on any atom is 0.00712 e. The van der Waals surface area contributed by atoms with Crippen LogP contribution in [0.2, 0.25) is 0 Å².